The molecule has 6 amide bonds. The van der Waals surface area contributed by atoms with E-state index in [-0.39, 0.29) is 26.0 Å². The zero-order chi connectivity index (χ0) is 36.8. The molecule has 3 aliphatic rings. The van der Waals surface area contributed by atoms with E-state index in [0.717, 1.165) is 5.56 Å². The molecule has 0 radical (unpaired) electrons. The quantitative estimate of drug-likeness (QED) is 0.238. The van der Waals surface area contributed by atoms with Gasteiger partial charge in [0.05, 0.1) is 12.0 Å². The Hall–Kier alpha value is -4.69. The Morgan fingerprint density at radius 2 is 1.73 bits per heavy atom. The van der Waals surface area contributed by atoms with Gasteiger partial charge in [-0.3, -0.25) is 28.8 Å². The number of nitrogens with zero attached hydrogens (tertiary/aromatic N) is 1. The molecule has 0 bridgehead atoms. The summed E-state index contributed by atoms with van der Waals surface area (Å²) in [6.45, 7) is 4.26. The molecule has 15 heteroatoms. The summed E-state index contributed by atoms with van der Waals surface area (Å²) >= 11 is 6.02. The van der Waals surface area contributed by atoms with Gasteiger partial charge in [0.2, 0.25) is 29.5 Å². The van der Waals surface area contributed by atoms with Gasteiger partial charge in [-0.1, -0.05) is 48.4 Å². The molecule has 2 aliphatic heterocycles. The Balaban J connectivity index is 1.42. The number of rotatable bonds is 7. The molecular weight excluding hydrogens is 680 g/mol. The first-order valence-electron chi connectivity index (χ1n) is 17.2. The molecule has 0 unspecified atom stereocenters. The van der Waals surface area contributed by atoms with E-state index >= 15 is 0 Å². The third-order valence-corrected chi connectivity index (χ3v) is 9.88. The van der Waals surface area contributed by atoms with E-state index in [4.69, 9.17) is 16.3 Å². The molecule has 1 saturated carbocycles. The smallest absolute Gasteiger partial charge is 0.258 e. The van der Waals surface area contributed by atoms with Crippen LogP contribution >= 0.6 is 11.6 Å². The van der Waals surface area contributed by atoms with Gasteiger partial charge in [-0.2, -0.15) is 0 Å². The molecule has 5 rings (SSSR count). The summed E-state index contributed by atoms with van der Waals surface area (Å²) in [5.74, 6) is -3.71. The van der Waals surface area contributed by atoms with Crippen LogP contribution in [0.3, 0.4) is 0 Å². The van der Waals surface area contributed by atoms with Gasteiger partial charge in [0.1, 0.15) is 29.9 Å². The fourth-order valence-corrected chi connectivity index (χ4v) is 7.15. The van der Waals surface area contributed by atoms with Crippen molar-refractivity contribution in [2.75, 3.05) is 13.2 Å². The van der Waals surface area contributed by atoms with Crippen molar-refractivity contribution in [2.45, 2.75) is 95.2 Å². The van der Waals surface area contributed by atoms with E-state index in [1.54, 1.807) is 49.4 Å². The Morgan fingerprint density at radius 3 is 2.43 bits per heavy atom. The van der Waals surface area contributed by atoms with E-state index in [1.807, 2.05) is 6.07 Å². The molecule has 274 valence electrons. The maximum Gasteiger partial charge on any atom is 0.258 e. The molecular formula is C36H45ClN6O8. The lowest BCUT2D eigenvalue weighted by Crippen LogP contribution is -2.61. The lowest BCUT2D eigenvalue weighted by molar-refractivity contribution is -0.143. The highest BCUT2D eigenvalue weighted by Gasteiger charge is 2.45. The number of amides is 6. The average Bonchev–Trinajstić information content (AvgIpc) is 3.73. The Kier molecular flexibility index (Phi) is 12.2. The molecule has 0 spiro atoms. The first-order valence-corrected chi connectivity index (χ1v) is 17.6. The number of benzene rings is 2. The van der Waals surface area contributed by atoms with Crippen molar-refractivity contribution in [3.63, 3.8) is 0 Å². The molecule has 2 aromatic carbocycles. The number of hydrogen-bond acceptors (Lipinski definition) is 8. The highest BCUT2D eigenvalue weighted by atomic mass is 35.5. The van der Waals surface area contributed by atoms with Gasteiger partial charge >= 0.3 is 0 Å². The highest BCUT2D eigenvalue weighted by molar-refractivity contribution is 6.30. The van der Waals surface area contributed by atoms with Crippen LogP contribution in [-0.4, -0.2) is 101 Å². The van der Waals surface area contributed by atoms with E-state index in [0.29, 0.717) is 35.6 Å². The van der Waals surface area contributed by atoms with Crippen LogP contribution in [-0.2, 0) is 35.2 Å². The molecule has 2 saturated heterocycles. The number of aliphatic hydroxyl groups is 1. The normalized spacial score (nSPS) is 28.1. The Morgan fingerprint density at radius 1 is 0.980 bits per heavy atom. The number of carbonyl (C=O) groups is 6. The van der Waals surface area contributed by atoms with Gasteiger partial charge in [0.25, 0.3) is 5.91 Å². The predicted octanol–water partition coefficient (Wildman–Crippen LogP) is 0.509. The lowest BCUT2D eigenvalue weighted by atomic mass is 10.00. The fourth-order valence-electron chi connectivity index (χ4n) is 6.93. The van der Waals surface area contributed by atoms with Crippen molar-refractivity contribution in [2.24, 2.45) is 5.92 Å². The largest absolute Gasteiger partial charge is 0.484 e. The third kappa shape index (κ3) is 9.36. The number of nitrogens with one attached hydrogen (secondary N) is 5. The second-order valence-corrected chi connectivity index (χ2v) is 14.0. The topological polar surface area (TPSA) is 195 Å². The molecule has 51 heavy (non-hydrogen) atoms. The van der Waals surface area contributed by atoms with Gasteiger partial charge in [0.15, 0.2) is 6.61 Å². The van der Waals surface area contributed by atoms with Crippen LogP contribution in [0.4, 0.5) is 0 Å². The number of hydrogen-bond donors (Lipinski definition) is 6. The van der Waals surface area contributed by atoms with E-state index in [9.17, 15) is 33.9 Å². The number of aryl methyl sites for hydroxylation is 1. The summed E-state index contributed by atoms with van der Waals surface area (Å²) in [5.41, 5.74) is 1.45. The minimum absolute atomic E-state index is 0.0285. The van der Waals surface area contributed by atoms with Crippen molar-refractivity contribution >= 4 is 47.0 Å². The summed E-state index contributed by atoms with van der Waals surface area (Å²) in [5, 5.41) is 24.9. The molecule has 6 N–H and O–H groups in total. The van der Waals surface area contributed by atoms with Crippen LogP contribution in [0.1, 0.15) is 50.7 Å². The highest BCUT2D eigenvalue weighted by Crippen LogP contribution is 2.27. The first-order chi connectivity index (χ1) is 24.3. The fraction of sp³-hybridized carbons (Fsp3) is 0.500. The van der Waals surface area contributed by atoms with Gasteiger partial charge in [0, 0.05) is 30.1 Å². The van der Waals surface area contributed by atoms with Crippen LogP contribution in [0.25, 0.3) is 0 Å². The van der Waals surface area contributed by atoms with Gasteiger partial charge < -0.3 is 41.3 Å². The second-order valence-electron chi connectivity index (χ2n) is 13.6. The SMILES string of the molecule is Cc1cc(Cl)ccc1OCC(=O)N[C@@H]1C[C@H]2C(=O)N[C@@H](C)C(=O)N[C@@H]3CCC[C@H]3C(=O)N[C@@H]([C@@H](C)O)C(=O)N[C@@H](Cc3ccccc3)C(=O)N2C1. The summed E-state index contributed by atoms with van der Waals surface area (Å²) in [7, 11) is 0. The number of aliphatic hydroxyl groups excluding tert-OH is 1. The van der Waals surface area contributed by atoms with Crippen LogP contribution < -0.4 is 31.3 Å². The van der Waals surface area contributed by atoms with Crippen molar-refractivity contribution in [1.29, 1.82) is 0 Å². The summed E-state index contributed by atoms with van der Waals surface area (Å²) in [6.07, 6.45) is 0.361. The van der Waals surface area contributed by atoms with Crippen molar-refractivity contribution in [3.05, 3.63) is 64.7 Å². The number of halogens is 1. The van der Waals surface area contributed by atoms with Crippen LogP contribution in [0.2, 0.25) is 5.02 Å². The minimum Gasteiger partial charge on any atom is -0.484 e. The van der Waals surface area contributed by atoms with Crippen molar-refractivity contribution < 1.29 is 38.6 Å². The average molecular weight is 725 g/mol. The maximum absolute atomic E-state index is 14.4. The molecule has 14 nitrogen and oxygen atoms in total. The van der Waals surface area contributed by atoms with Crippen molar-refractivity contribution in [1.82, 2.24) is 31.5 Å². The molecule has 2 aromatic rings. The minimum atomic E-state index is -1.40. The third-order valence-electron chi connectivity index (χ3n) is 9.64. The maximum atomic E-state index is 14.4. The lowest BCUT2D eigenvalue weighted by Gasteiger charge is -2.32. The van der Waals surface area contributed by atoms with Gasteiger partial charge in [-0.25, -0.2) is 0 Å². The first kappa shape index (κ1) is 37.6. The zero-order valence-corrected chi connectivity index (χ0v) is 29.6. The summed E-state index contributed by atoms with van der Waals surface area (Å²) in [6, 6.07) is 8.00. The summed E-state index contributed by atoms with van der Waals surface area (Å²) < 4.78 is 5.68. The van der Waals surface area contributed by atoms with Crippen LogP contribution in [0.5, 0.6) is 5.75 Å². The van der Waals surface area contributed by atoms with Crippen LogP contribution in [0, 0.1) is 12.8 Å². The molecule has 1 aliphatic carbocycles. The predicted molar refractivity (Wildman–Crippen MR) is 186 cm³/mol. The van der Waals surface area contributed by atoms with Crippen molar-refractivity contribution in [3.8, 4) is 5.75 Å². The Bertz CT molecular complexity index is 1640. The summed E-state index contributed by atoms with van der Waals surface area (Å²) in [4.78, 5) is 83.0. The monoisotopic (exact) mass is 724 g/mol. The van der Waals surface area contributed by atoms with Gasteiger partial charge in [-0.15, -0.1) is 0 Å². The second kappa shape index (κ2) is 16.6. The van der Waals surface area contributed by atoms with Gasteiger partial charge in [-0.05, 0) is 69.4 Å². The zero-order valence-electron chi connectivity index (χ0n) is 28.8. The number of ether oxygens (including phenoxy) is 1. The van der Waals surface area contributed by atoms with Crippen LogP contribution in [0.15, 0.2) is 48.5 Å². The standard InChI is InChI=1S/C36H45ClN6O8/c1-19-14-23(37)12-13-29(19)51-18-30(45)39-24-16-28-34(48)38-20(2)32(46)40-26-11-7-10-25(26)33(47)42-31(21(3)44)35(49)41-27(36(50)43(28)17-24)15-22-8-5-4-6-9-22/h4-6,8-9,12-14,20-21,24-28,31,44H,7,10-11,15-18H2,1-3H3,(H,38,48)(H,39,45)(H,40,46)(H,41,49)(H,42,47)/t20-,21+,24+,25+,26+,27-,28-,31-/m0/s1. The molecule has 3 fully saturated rings. The molecule has 8 atom stereocenters. The molecule has 2 heterocycles. The number of fused-ring (bicyclic) bond motifs is 2. The van der Waals surface area contributed by atoms with E-state index in [1.165, 1.54) is 18.7 Å². The van der Waals surface area contributed by atoms with E-state index < -0.39 is 83.7 Å². The molecule has 0 aromatic heterocycles. The Labute approximate surface area is 301 Å². The number of carbonyl (C=O) groups excluding carboxylic acids is 6. The van der Waals surface area contributed by atoms with E-state index in [2.05, 4.69) is 26.6 Å².